The van der Waals surface area contributed by atoms with E-state index in [0.717, 1.165) is 11.8 Å². The largest absolute Gasteiger partial charge is 0.309 e. The minimum absolute atomic E-state index is 0.584. The zero-order valence-corrected chi connectivity index (χ0v) is 11.1. The van der Waals surface area contributed by atoms with Gasteiger partial charge >= 0.3 is 0 Å². The van der Waals surface area contributed by atoms with Crippen molar-refractivity contribution in [3.05, 3.63) is 21.9 Å². The van der Waals surface area contributed by atoms with Gasteiger partial charge in [-0.15, -0.1) is 11.3 Å². The van der Waals surface area contributed by atoms with Gasteiger partial charge in [0.1, 0.15) is 0 Å². The standard InChI is InChI=1S/C12H19NS2/c1-3-13-12(10-5-4-8-14-10)11-7-6-9(2)15-11/h6-7,10,12-13H,3-5,8H2,1-2H3. The normalized spacial score (nSPS) is 23.2. The lowest BCUT2D eigenvalue weighted by atomic mass is 10.1. The molecular weight excluding hydrogens is 222 g/mol. The molecule has 3 heteroatoms. The van der Waals surface area contributed by atoms with Gasteiger partial charge in [-0.2, -0.15) is 11.8 Å². The molecule has 0 saturated carbocycles. The molecule has 2 rings (SSSR count). The molecule has 2 atom stereocenters. The Labute approximate surface area is 101 Å². The molecule has 1 saturated heterocycles. The van der Waals surface area contributed by atoms with E-state index in [0.29, 0.717) is 6.04 Å². The molecule has 0 radical (unpaired) electrons. The molecule has 1 N–H and O–H groups in total. The fourth-order valence-corrected chi connectivity index (χ4v) is 4.63. The van der Waals surface area contributed by atoms with E-state index in [1.807, 2.05) is 11.3 Å². The van der Waals surface area contributed by atoms with Gasteiger partial charge < -0.3 is 5.32 Å². The highest BCUT2D eigenvalue weighted by molar-refractivity contribution is 8.00. The molecule has 1 aromatic rings. The average molecular weight is 241 g/mol. The van der Waals surface area contributed by atoms with Crippen LogP contribution in [0.3, 0.4) is 0 Å². The Balaban J connectivity index is 2.11. The van der Waals surface area contributed by atoms with Crippen LogP contribution in [-0.2, 0) is 0 Å². The van der Waals surface area contributed by atoms with Crippen LogP contribution in [0.1, 0.15) is 35.6 Å². The summed E-state index contributed by atoms with van der Waals surface area (Å²) in [6.45, 7) is 5.46. The lowest BCUT2D eigenvalue weighted by Gasteiger charge is -2.22. The van der Waals surface area contributed by atoms with Crippen molar-refractivity contribution in [3.63, 3.8) is 0 Å². The van der Waals surface area contributed by atoms with E-state index in [1.165, 1.54) is 28.3 Å². The summed E-state index contributed by atoms with van der Waals surface area (Å²) in [6, 6.07) is 5.12. The minimum Gasteiger partial charge on any atom is -0.309 e. The van der Waals surface area contributed by atoms with Gasteiger partial charge in [0.05, 0.1) is 6.04 Å². The van der Waals surface area contributed by atoms with Crippen LogP contribution in [0.25, 0.3) is 0 Å². The molecule has 1 fully saturated rings. The maximum atomic E-state index is 3.64. The Morgan fingerprint density at radius 3 is 2.93 bits per heavy atom. The van der Waals surface area contributed by atoms with E-state index >= 15 is 0 Å². The molecule has 1 nitrogen and oxygen atoms in total. The molecule has 15 heavy (non-hydrogen) atoms. The molecule has 1 aromatic heterocycles. The Morgan fingerprint density at radius 2 is 2.40 bits per heavy atom. The van der Waals surface area contributed by atoms with Crippen molar-refractivity contribution < 1.29 is 0 Å². The number of nitrogens with one attached hydrogen (secondary N) is 1. The highest BCUT2D eigenvalue weighted by atomic mass is 32.2. The monoisotopic (exact) mass is 241 g/mol. The third-order valence-corrected chi connectivity index (χ3v) is 5.37. The number of thioether (sulfide) groups is 1. The van der Waals surface area contributed by atoms with E-state index in [1.54, 1.807) is 0 Å². The van der Waals surface area contributed by atoms with E-state index in [4.69, 9.17) is 0 Å². The van der Waals surface area contributed by atoms with Crippen LogP contribution in [0.15, 0.2) is 12.1 Å². The summed E-state index contributed by atoms with van der Waals surface area (Å²) in [7, 11) is 0. The summed E-state index contributed by atoms with van der Waals surface area (Å²) >= 11 is 4.09. The molecule has 1 aliphatic heterocycles. The van der Waals surface area contributed by atoms with Crippen LogP contribution in [0, 0.1) is 6.92 Å². The van der Waals surface area contributed by atoms with Crippen molar-refractivity contribution >= 4 is 23.1 Å². The van der Waals surface area contributed by atoms with Crippen LogP contribution in [0.4, 0.5) is 0 Å². The SMILES string of the molecule is CCNC(c1ccc(C)s1)C1CCCS1. The number of rotatable bonds is 4. The van der Waals surface area contributed by atoms with Crippen LogP contribution >= 0.6 is 23.1 Å². The third kappa shape index (κ3) is 2.77. The predicted octanol–water partition coefficient (Wildman–Crippen LogP) is 3.60. The first-order valence-corrected chi connectivity index (χ1v) is 7.59. The van der Waals surface area contributed by atoms with Crippen molar-refractivity contribution in [2.24, 2.45) is 0 Å². The van der Waals surface area contributed by atoms with Gasteiger partial charge in [-0.05, 0) is 44.2 Å². The molecule has 1 aliphatic rings. The first kappa shape index (κ1) is 11.5. The fourth-order valence-electron chi connectivity index (χ4n) is 2.12. The van der Waals surface area contributed by atoms with E-state index < -0.39 is 0 Å². The second kappa shape index (κ2) is 5.37. The van der Waals surface area contributed by atoms with Crippen molar-refractivity contribution in [2.45, 2.75) is 38.0 Å². The van der Waals surface area contributed by atoms with Gasteiger partial charge in [-0.1, -0.05) is 6.92 Å². The topological polar surface area (TPSA) is 12.0 Å². The number of hydrogen-bond acceptors (Lipinski definition) is 3. The second-order valence-corrected chi connectivity index (χ2v) is 6.70. The summed E-state index contributed by atoms with van der Waals surface area (Å²) in [5, 5.41) is 4.44. The number of thiophene rings is 1. The van der Waals surface area contributed by atoms with E-state index in [-0.39, 0.29) is 0 Å². The van der Waals surface area contributed by atoms with Crippen molar-refractivity contribution in [3.8, 4) is 0 Å². The number of aryl methyl sites for hydroxylation is 1. The third-order valence-electron chi connectivity index (χ3n) is 2.83. The summed E-state index contributed by atoms with van der Waals surface area (Å²) in [5.41, 5.74) is 0. The maximum Gasteiger partial charge on any atom is 0.0535 e. The molecule has 0 spiro atoms. The lowest BCUT2D eigenvalue weighted by Crippen LogP contribution is -2.28. The van der Waals surface area contributed by atoms with Gasteiger partial charge in [-0.25, -0.2) is 0 Å². The van der Waals surface area contributed by atoms with Gasteiger partial charge in [-0.3, -0.25) is 0 Å². The smallest absolute Gasteiger partial charge is 0.0535 e. The molecule has 2 unspecified atom stereocenters. The molecule has 0 bridgehead atoms. The van der Waals surface area contributed by atoms with Crippen LogP contribution in [-0.4, -0.2) is 17.5 Å². The Morgan fingerprint density at radius 1 is 1.53 bits per heavy atom. The molecular formula is C12H19NS2. The van der Waals surface area contributed by atoms with Crippen molar-refractivity contribution in [2.75, 3.05) is 12.3 Å². The summed E-state index contributed by atoms with van der Waals surface area (Å²) in [6.07, 6.45) is 2.76. The van der Waals surface area contributed by atoms with Crippen molar-refractivity contribution in [1.29, 1.82) is 0 Å². The summed E-state index contributed by atoms with van der Waals surface area (Å²) < 4.78 is 0. The number of hydrogen-bond donors (Lipinski definition) is 1. The zero-order valence-electron chi connectivity index (χ0n) is 9.45. The summed E-state index contributed by atoms with van der Waals surface area (Å²) in [4.78, 5) is 2.95. The first-order chi connectivity index (χ1) is 7.31. The summed E-state index contributed by atoms with van der Waals surface area (Å²) in [5.74, 6) is 1.34. The Hall–Kier alpha value is 0.01000. The van der Waals surface area contributed by atoms with Gasteiger partial charge in [0.25, 0.3) is 0 Å². The van der Waals surface area contributed by atoms with Gasteiger partial charge in [0.15, 0.2) is 0 Å². The fraction of sp³-hybridized carbons (Fsp3) is 0.667. The van der Waals surface area contributed by atoms with Crippen LogP contribution in [0.2, 0.25) is 0 Å². The molecule has 2 heterocycles. The minimum atomic E-state index is 0.584. The van der Waals surface area contributed by atoms with Crippen LogP contribution in [0.5, 0.6) is 0 Å². The Bertz CT molecular complexity index is 302. The quantitative estimate of drug-likeness (QED) is 0.864. The maximum absolute atomic E-state index is 3.64. The first-order valence-electron chi connectivity index (χ1n) is 5.72. The highest BCUT2D eigenvalue weighted by Gasteiger charge is 2.26. The van der Waals surface area contributed by atoms with Crippen molar-refractivity contribution in [1.82, 2.24) is 5.32 Å². The Kier molecular flexibility index (Phi) is 4.12. The molecule has 0 amide bonds. The van der Waals surface area contributed by atoms with E-state index in [2.05, 4.69) is 43.1 Å². The zero-order chi connectivity index (χ0) is 10.7. The van der Waals surface area contributed by atoms with E-state index in [9.17, 15) is 0 Å². The molecule has 84 valence electrons. The van der Waals surface area contributed by atoms with Gasteiger partial charge in [0, 0.05) is 15.0 Å². The van der Waals surface area contributed by atoms with Crippen LogP contribution < -0.4 is 5.32 Å². The second-order valence-electron chi connectivity index (χ2n) is 4.04. The molecule has 0 aliphatic carbocycles. The van der Waals surface area contributed by atoms with Gasteiger partial charge in [0.2, 0.25) is 0 Å². The lowest BCUT2D eigenvalue weighted by molar-refractivity contribution is 0.526. The average Bonchev–Trinajstić information content (AvgIpc) is 2.85. The predicted molar refractivity (Wildman–Crippen MR) is 71.0 cm³/mol. The highest BCUT2D eigenvalue weighted by Crippen LogP contribution is 2.38. The molecule has 0 aromatic carbocycles.